The lowest BCUT2D eigenvalue weighted by Crippen LogP contribution is -1.91. The minimum absolute atomic E-state index is 0.349. The summed E-state index contributed by atoms with van der Waals surface area (Å²) in [4.78, 5) is 4.18. The molecule has 0 fully saturated rings. The number of nitrogens with two attached hydrogens (primary N) is 1. The molecule has 0 amide bonds. The van der Waals surface area contributed by atoms with E-state index in [2.05, 4.69) is 4.98 Å². The molecule has 0 unspecified atom stereocenters. The lowest BCUT2D eigenvalue weighted by atomic mass is 10.1. The zero-order valence-electron chi connectivity index (χ0n) is 8.03. The Hall–Kier alpha value is -1.62. The second-order valence-corrected chi connectivity index (χ2v) is 3.75. The van der Waals surface area contributed by atoms with E-state index in [9.17, 15) is 4.39 Å². The molecule has 78 valence electrons. The van der Waals surface area contributed by atoms with Crippen LogP contribution in [-0.4, -0.2) is 12.1 Å². The van der Waals surface area contributed by atoms with Gasteiger partial charge in [-0.3, -0.25) is 0 Å². The number of benzene rings is 1. The Morgan fingerprint density at radius 1 is 1.47 bits per heavy atom. The molecule has 1 heterocycles. The molecule has 0 spiro atoms. The maximum atomic E-state index is 12.8. The van der Waals surface area contributed by atoms with E-state index in [0.29, 0.717) is 16.6 Å². The first-order chi connectivity index (χ1) is 7.20. The number of nitrogens with zero attached hydrogens (tertiary/aromatic N) is 1. The summed E-state index contributed by atoms with van der Waals surface area (Å²) in [6, 6.07) is 4.25. The minimum Gasteiger partial charge on any atom is -0.473 e. The minimum atomic E-state index is -0.349. The van der Waals surface area contributed by atoms with Crippen molar-refractivity contribution in [3.63, 3.8) is 0 Å². The Morgan fingerprint density at radius 3 is 2.87 bits per heavy atom. The number of hydrogen-bond donors (Lipinski definition) is 1. The van der Waals surface area contributed by atoms with Gasteiger partial charge in [-0.15, -0.1) is 0 Å². The molecule has 1 aromatic carbocycles. The van der Waals surface area contributed by atoms with Gasteiger partial charge in [0.2, 0.25) is 0 Å². The van der Waals surface area contributed by atoms with Crippen LogP contribution < -0.4 is 10.5 Å². The van der Waals surface area contributed by atoms with E-state index < -0.39 is 0 Å². The molecule has 0 bridgehead atoms. The predicted molar refractivity (Wildman–Crippen MR) is 58.5 cm³/mol. The average Bonchev–Trinajstić information content (AvgIpc) is 2.66. The molecule has 0 aliphatic rings. The summed E-state index contributed by atoms with van der Waals surface area (Å²) in [6.07, 6.45) is 0. The van der Waals surface area contributed by atoms with Crippen LogP contribution in [-0.2, 0) is 0 Å². The molecular weight excluding hydrogens is 215 g/mol. The molecule has 0 radical (unpaired) electrons. The molecular formula is C10H9FN2OS. The van der Waals surface area contributed by atoms with Crippen molar-refractivity contribution in [2.24, 2.45) is 0 Å². The van der Waals surface area contributed by atoms with Gasteiger partial charge in [0, 0.05) is 16.6 Å². The van der Waals surface area contributed by atoms with Crippen molar-refractivity contribution in [2.75, 3.05) is 12.8 Å². The van der Waals surface area contributed by atoms with Crippen molar-refractivity contribution in [1.29, 1.82) is 0 Å². The van der Waals surface area contributed by atoms with Gasteiger partial charge in [-0.25, -0.2) is 9.37 Å². The van der Waals surface area contributed by atoms with Crippen LogP contribution in [0.25, 0.3) is 11.3 Å². The Bertz CT molecular complexity index is 484. The molecule has 2 rings (SSSR count). The highest BCUT2D eigenvalue weighted by Crippen LogP contribution is 2.30. The predicted octanol–water partition coefficient (Wildman–Crippen LogP) is 2.54. The number of halogens is 1. The molecule has 2 aromatic rings. The largest absolute Gasteiger partial charge is 0.473 e. The normalized spacial score (nSPS) is 10.3. The third-order valence-electron chi connectivity index (χ3n) is 1.95. The van der Waals surface area contributed by atoms with Crippen LogP contribution in [0.3, 0.4) is 0 Å². The van der Waals surface area contributed by atoms with Crippen molar-refractivity contribution in [3.8, 4) is 16.5 Å². The Kier molecular flexibility index (Phi) is 2.55. The molecule has 0 atom stereocenters. The van der Waals surface area contributed by atoms with Crippen LogP contribution in [0.2, 0.25) is 0 Å². The summed E-state index contributed by atoms with van der Waals surface area (Å²) in [6.45, 7) is 0. The van der Waals surface area contributed by atoms with Crippen molar-refractivity contribution in [3.05, 3.63) is 29.4 Å². The number of methoxy groups -OCH3 is 1. The quantitative estimate of drug-likeness (QED) is 0.797. The van der Waals surface area contributed by atoms with Crippen molar-refractivity contribution in [2.45, 2.75) is 0 Å². The number of rotatable bonds is 2. The van der Waals surface area contributed by atoms with Crippen molar-refractivity contribution < 1.29 is 9.13 Å². The molecule has 1 aromatic heterocycles. The highest BCUT2D eigenvalue weighted by molar-refractivity contribution is 7.11. The number of nitrogen functional groups attached to an aromatic ring is 1. The van der Waals surface area contributed by atoms with E-state index in [-0.39, 0.29) is 5.82 Å². The number of anilines is 1. The second kappa shape index (κ2) is 3.86. The van der Waals surface area contributed by atoms with E-state index in [0.717, 1.165) is 5.56 Å². The Balaban J connectivity index is 2.44. The van der Waals surface area contributed by atoms with E-state index in [1.54, 1.807) is 13.2 Å². The summed E-state index contributed by atoms with van der Waals surface area (Å²) in [5, 5.41) is 2.39. The fourth-order valence-electron chi connectivity index (χ4n) is 1.24. The maximum Gasteiger partial charge on any atom is 0.273 e. The van der Waals surface area contributed by atoms with Crippen LogP contribution in [0, 0.1) is 5.82 Å². The molecule has 3 nitrogen and oxygen atoms in total. The average molecular weight is 224 g/mol. The molecule has 0 aliphatic carbocycles. The smallest absolute Gasteiger partial charge is 0.273 e. The zero-order valence-corrected chi connectivity index (χ0v) is 8.84. The maximum absolute atomic E-state index is 12.8. The van der Waals surface area contributed by atoms with E-state index in [4.69, 9.17) is 10.5 Å². The van der Waals surface area contributed by atoms with Gasteiger partial charge < -0.3 is 10.5 Å². The van der Waals surface area contributed by atoms with Gasteiger partial charge in [-0.05, 0) is 18.2 Å². The highest BCUT2D eigenvalue weighted by Gasteiger charge is 2.08. The fraction of sp³-hybridized carbons (Fsp3) is 0.100. The second-order valence-electron chi connectivity index (χ2n) is 2.93. The standard InChI is InChI=1S/C10H9FN2OS/c1-14-10-13-9(5-15-10)7-3-2-6(11)4-8(7)12/h2-5H,12H2,1H3. The molecule has 0 aliphatic heterocycles. The highest BCUT2D eigenvalue weighted by atomic mass is 32.1. The summed E-state index contributed by atoms with van der Waals surface area (Å²) in [5.41, 5.74) is 7.49. The van der Waals surface area contributed by atoms with E-state index in [1.807, 2.05) is 5.38 Å². The van der Waals surface area contributed by atoms with Gasteiger partial charge in [-0.2, -0.15) is 0 Å². The van der Waals surface area contributed by atoms with Gasteiger partial charge in [0.05, 0.1) is 12.8 Å². The first-order valence-electron chi connectivity index (χ1n) is 4.25. The third-order valence-corrected chi connectivity index (χ3v) is 2.75. The topological polar surface area (TPSA) is 48.1 Å². The van der Waals surface area contributed by atoms with Gasteiger partial charge in [0.25, 0.3) is 5.19 Å². The number of hydrogen-bond acceptors (Lipinski definition) is 4. The van der Waals surface area contributed by atoms with Crippen LogP contribution in [0.4, 0.5) is 10.1 Å². The zero-order chi connectivity index (χ0) is 10.8. The lowest BCUT2D eigenvalue weighted by Gasteiger charge is -2.01. The first-order valence-corrected chi connectivity index (χ1v) is 5.13. The van der Waals surface area contributed by atoms with Gasteiger partial charge in [-0.1, -0.05) is 11.3 Å². The Labute approximate surface area is 90.3 Å². The number of ether oxygens (including phenoxy) is 1. The number of thiazole rings is 1. The number of aromatic nitrogens is 1. The SMILES string of the molecule is COc1nc(-c2ccc(F)cc2N)cs1. The van der Waals surface area contributed by atoms with E-state index in [1.165, 1.54) is 23.5 Å². The summed E-state index contributed by atoms with van der Waals surface area (Å²) < 4.78 is 17.8. The van der Waals surface area contributed by atoms with Crippen LogP contribution in [0.1, 0.15) is 0 Å². The molecule has 15 heavy (non-hydrogen) atoms. The summed E-state index contributed by atoms with van der Waals surface area (Å²) in [7, 11) is 1.55. The van der Waals surface area contributed by atoms with Crippen LogP contribution >= 0.6 is 11.3 Å². The molecule has 5 heteroatoms. The van der Waals surface area contributed by atoms with Gasteiger partial charge in [0.15, 0.2) is 0 Å². The van der Waals surface area contributed by atoms with Gasteiger partial charge >= 0.3 is 0 Å². The fourth-order valence-corrected chi connectivity index (χ4v) is 1.88. The van der Waals surface area contributed by atoms with Crippen molar-refractivity contribution >= 4 is 17.0 Å². The first kappa shape index (κ1) is 9.92. The molecule has 0 saturated carbocycles. The van der Waals surface area contributed by atoms with Crippen LogP contribution in [0.15, 0.2) is 23.6 Å². The molecule has 2 N–H and O–H groups in total. The van der Waals surface area contributed by atoms with E-state index >= 15 is 0 Å². The third kappa shape index (κ3) is 1.92. The summed E-state index contributed by atoms with van der Waals surface area (Å²) >= 11 is 1.37. The van der Waals surface area contributed by atoms with Crippen molar-refractivity contribution in [1.82, 2.24) is 4.98 Å². The summed E-state index contributed by atoms with van der Waals surface area (Å²) in [5.74, 6) is -0.349. The van der Waals surface area contributed by atoms with Gasteiger partial charge in [0.1, 0.15) is 5.82 Å². The lowest BCUT2D eigenvalue weighted by molar-refractivity contribution is 0.412. The Morgan fingerprint density at radius 2 is 2.27 bits per heavy atom. The van der Waals surface area contributed by atoms with Crippen LogP contribution in [0.5, 0.6) is 5.19 Å². The molecule has 0 saturated heterocycles. The monoisotopic (exact) mass is 224 g/mol.